The van der Waals surface area contributed by atoms with E-state index in [0.29, 0.717) is 32.0 Å². The third-order valence-electron chi connectivity index (χ3n) is 7.42. The second-order valence-electron chi connectivity index (χ2n) is 9.58. The van der Waals surface area contributed by atoms with E-state index in [9.17, 15) is 9.90 Å². The summed E-state index contributed by atoms with van der Waals surface area (Å²) in [4.78, 5) is 24.8. The van der Waals surface area contributed by atoms with Gasteiger partial charge in [0.1, 0.15) is 5.65 Å². The number of carbonyl (C=O) groups is 1. The summed E-state index contributed by atoms with van der Waals surface area (Å²) in [6, 6.07) is 12.4. The standard InChI is InChI=1S/C26H30N4O3/c31-25(19-1-2-19)30-13-11-29(12-14-30)23-7-10-27-24-21(23)17-22(28-24)18-3-5-20(6-4-18)26(32)8-15-33-16-9-26/h3-7,10,17,19,32H,1-2,8-9,11-16H2,(H,27,28). The van der Waals surface area contributed by atoms with Crippen LogP contribution < -0.4 is 4.90 Å². The summed E-state index contributed by atoms with van der Waals surface area (Å²) < 4.78 is 5.41. The molecule has 33 heavy (non-hydrogen) atoms. The Kier molecular flexibility index (Phi) is 5.11. The van der Waals surface area contributed by atoms with Gasteiger partial charge in [0.25, 0.3) is 0 Å². The third kappa shape index (κ3) is 3.89. The fraction of sp³-hybridized carbons (Fsp3) is 0.462. The summed E-state index contributed by atoms with van der Waals surface area (Å²) in [7, 11) is 0. The van der Waals surface area contributed by atoms with Gasteiger partial charge in [0.05, 0.1) is 5.60 Å². The zero-order valence-corrected chi connectivity index (χ0v) is 18.8. The highest BCUT2D eigenvalue weighted by atomic mass is 16.5. The van der Waals surface area contributed by atoms with Crippen molar-refractivity contribution in [1.29, 1.82) is 0 Å². The third-order valence-corrected chi connectivity index (χ3v) is 7.42. The molecule has 172 valence electrons. The highest BCUT2D eigenvalue weighted by Crippen LogP contribution is 2.35. The maximum Gasteiger partial charge on any atom is 0.225 e. The van der Waals surface area contributed by atoms with Gasteiger partial charge in [-0.25, -0.2) is 4.98 Å². The van der Waals surface area contributed by atoms with Crippen molar-refractivity contribution in [3.05, 3.63) is 48.2 Å². The molecule has 2 N–H and O–H groups in total. The van der Waals surface area contributed by atoms with E-state index >= 15 is 0 Å². The summed E-state index contributed by atoms with van der Waals surface area (Å²) in [5.74, 6) is 0.627. The number of nitrogens with one attached hydrogen (secondary N) is 1. The Hall–Kier alpha value is -2.90. The Labute approximate surface area is 193 Å². The van der Waals surface area contributed by atoms with Crippen molar-refractivity contribution in [3.8, 4) is 11.3 Å². The number of fused-ring (bicyclic) bond motifs is 1. The van der Waals surface area contributed by atoms with E-state index in [4.69, 9.17) is 4.74 Å². The van der Waals surface area contributed by atoms with Crippen LogP contribution in [-0.2, 0) is 15.1 Å². The first-order valence-corrected chi connectivity index (χ1v) is 12.0. The number of rotatable bonds is 4. The quantitative estimate of drug-likeness (QED) is 0.643. The van der Waals surface area contributed by atoms with Crippen molar-refractivity contribution in [2.75, 3.05) is 44.3 Å². The number of nitrogens with zero attached hydrogens (tertiary/aromatic N) is 3. The van der Waals surface area contributed by atoms with E-state index in [-0.39, 0.29) is 5.92 Å². The first-order valence-electron chi connectivity index (χ1n) is 12.0. The summed E-state index contributed by atoms with van der Waals surface area (Å²) >= 11 is 0. The molecule has 2 saturated heterocycles. The van der Waals surface area contributed by atoms with Crippen LogP contribution in [0.1, 0.15) is 31.2 Å². The first kappa shape index (κ1) is 20.7. The predicted molar refractivity (Wildman–Crippen MR) is 127 cm³/mol. The minimum absolute atomic E-state index is 0.287. The van der Waals surface area contributed by atoms with Crippen molar-refractivity contribution < 1.29 is 14.6 Å². The number of pyridine rings is 1. The van der Waals surface area contributed by atoms with Crippen LogP contribution in [0, 0.1) is 5.92 Å². The van der Waals surface area contributed by atoms with Crippen LogP contribution in [0.5, 0.6) is 0 Å². The van der Waals surface area contributed by atoms with Gasteiger partial charge in [-0.3, -0.25) is 4.79 Å². The second kappa shape index (κ2) is 8.15. The van der Waals surface area contributed by atoms with Gasteiger partial charge in [-0.2, -0.15) is 0 Å². The second-order valence-corrected chi connectivity index (χ2v) is 9.58. The summed E-state index contributed by atoms with van der Waals surface area (Å²) in [6.45, 7) is 4.44. The minimum atomic E-state index is -0.797. The predicted octanol–water partition coefficient (Wildman–Crippen LogP) is 3.29. The summed E-state index contributed by atoms with van der Waals surface area (Å²) in [5.41, 5.74) is 4.26. The molecule has 3 fully saturated rings. The molecule has 2 aromatic heterocycles. The van der Waals surface area contributed by atoms with E-state index in [2.05, 4.69) is 39.1 Å². The number of anilines is 1. The normalized spacial score (nSPS) is 20.9. The van der Waals surface area contributed by atoms with Crippen LogP contribution in [0.2, 0.25) is 0 Å². The van der Waals surface area contributed by atoms with Gasteiger partial charge in [0.15, 0.2) is 0 Å². The number of aromatic amines is 1. The smallest absolute Gasteiger partial charge is 0.225 e. The van der Waals surface area contributed by atoms with Crippen LogP contribution in [0.25, 0.3) is 22.3 Å². The molecule has 0 unspecified atom stereocenters. The molecule has 6 rings (SSSR count). The lowest BCUT2D eigenvalue weighted by Crippen LogP contribution is -2.49. The van der Waals surface area contributed by atoms with E-state index < -0.39 is 5.60 Å². The van der Waals surface area contributed by atoms with Gasteiger partial charge in [0, 0.05) is 81.1 Å². The number of aliphatic hydroxyl groups is 1. The molecule has 3 aliphatic rings. The molecular weight excluding hydrogens is 416 g/mol. The van der Waals surface area contributed by atoms with Crippen molar-refractivity contribution in [3.63, 3.8) is 0 Å². The lowest BCUT2D eigenvalue weighted by molar-refractivity contribution is -0.132. The molecule has 1 aliphatic carbocycles. The molecule has 0 spiro atoms. The van der Waals surface area contributed by atoms with Gasteiger partial charge in [-0.05, 0) is 36.1 Å². The zero-order valence-electron chi connectivity index (χ0n) is 18.8. The topological polar surface area (TPSA) is 81.7 Å². The molecule has 3 aromatic rings. The van der Waals surface area contributed by atoms with Crippen LogP contribution in [0.15, 0.2) is 42.6 Å². The van der Waals surface area contributed by atoms with Gasteiger partial charge in [-0.15, -0.1) is 0 Å². The van der Waals surface area contributed by atoms with Crippen LogP contribution >= 0.6 is 0 Å². The molecule has 7 nitrogen and oxygen atoms in total. The molecule has 2 aliphatic heterocycles. The van der Waals surface area contributed by atoms with Gasteiger partial charge in [0.2, 0.25) is 5.91 Å². The van der Waals surface area contributed by atoms with Crippen molar-refractivity contribution in [2.45, 2.75) is 31.3 Å². The minimum Gasteiger partial charge on any atom is -0.385 e. The molecule has 1 amide bonds. The fourth-order valence-electron chi connectivity index (χ4n) is 5.16. The molecule has 1 saturated carbocycles. The van der Waals surface area contributed by atoms with Crippen molar-refractivity contribution in [2.24, 2.45) is 5.92 Å². The number of H-pyrrole nitrogens is 1. The number of ether oxygens (including phenoxy) is 1. The fourth-order valence-corrected chi connectivity index (χ4v) is 5.16. The molecule has 0 atom stereocenters. The maximum atomic E-state index is 12.4. The van der Waals surface area contributed by atoms with Crippen molar-refractivity contribution >= 4 is 22.6 Å². The number of aromatic nitrogens is 2. The summed E-state index contributed by atoms with van der Waals surface area (Å²) in [5, 5.41) is 12.1. The van der Waals surface area contributed by atoms with E-state index in [0.717, 1.165) is 72.6 Å². The van der Waals surface area contributed by atoms with Crippen LogP contribution in [-0.4, -0.2) is 65.3 Å². The number of hydrogen-bond donors (Lipinski definition) is 2. The number of carbonyl (C=O) groups excluding carboxylic acids is 1. The average Bonchev–Trinajstić information content (AvgIpc) is 3.62. The lowest BCUT2D eigenvalue weighted by Gasteiger charge is -2.36. The zero-order chi connectivity index (χ0) is 22.4. The Morgan fingerprint density at radius 1 is 1.06 bits per heavy atom. The Morgan fingerprint density at radius 3 is 2.48 bits per heavy atom. The van der Waals surface area contributed by atoms with E-state index in [1.54, 1.807) is 0 Å². The van der Waals surface area contributed by atoms with Gasteiger partial charge in [-0.1, -0.05) is 24.3 Å². The summed E-state index contributed by atoms with van der Waals surface area (Å²) in [6.07, 6.45) is 5.23. The highest BCUT2D eigenvalue weighted by molar-refractivity contribution is 5.94. The molecule has 1 aromatic carbocycles. The Morgan fingerprint density at radius 2 is 1.79 bits per heavy atom. The monoisotopic (exact) mass is 446 g/mol. The number of hydrogen-bond acceptors (Lipinski definition) is 5. The molecular formula is C26H30N4O3. The lowest BCUT2D eigenvalue weighted by atomic mass is 9.86. The highest BCUT2D eigenvalue weighted by Gasteiger charge is 2.35. The largest absolute Gasteiger partial charge is 0.385 e. The first-order chi connectivity index (χ1) is 16.1. The van der Waals surface area contributed by atoms with Crippen LogP contribution in [0.4, 0.5) is 5.69 Å². The van der Waals surface area contributed by atoms with Gasteiger partial charge >= 0.3 is 0 Å². The number of piperazine rings is 1. The Balaban J connectivity index is 1.22. The average molecular weight is 447 g/mol. The van der Waals surface area contributed by atoms with Crippen molar-refractivity contribution in [1.82, 2.24) is 14.9 Å². The number of amides is 1. The molecule has 0 radical (unpaired) electrons. The van der Waals surface area contributed by atoms with E-state index in [1.807, 2.05) is 23.2 Å². The molecule has 0 bridgehead atoms. The SMILES string of the molecule is O=C(C1CC1)N1CCN(c2ccnc3[nH]c(-c4ccc(C5(O)CCOCC5)cc4)cc23)CC1. The van der Waals surface area contributed by atoms with E-state index in [1.165, 1.54) is 0 Å². The maximum absolute atomic E-state index is 12.4. The van der Waals surface area contributed by atoms with Crippen LogP contribution in [0.3, 0.4) is 0 Å². The van der Waals surface area contributed by atoms with Gasteiger partial charge < -0.3 is 24.6 Å². The number of benzene rings is 1. The Bertz CT molecular complexity index is 1150. The molecule has 4 heterocycles. The molecule has 7 heteroatoms.